The number of hydrogen-bond donors (Lipinski definition) is 2. The first-order chi connectivity index (χ1) is 12.9. The molecule has 0 atom stereocenters. The Hall–Kier alpha value is -2.41. The summed E-state index contributed by atoms with van der Waals surface area (Å²) in [6, 6.07) is 5.71. The Labute approximate surface area is 165 Å². The maximum absolute atomic E-state index is 12.7. The molecule has 0 radical (unpaired) electrons. The molecule has 7 heteroatoms. The molecule has 0 aliphatic carbocycles. The van der Waals surface area contributed by atoms with E-state index in [0.29, 0.717) is 25.3 Å². The highest BCUT2D eigenvalue weighted by Crippen LogP contribution is 2.17. The van der Waals surface area contributed by atoms with Crippen LogP contribution in [0, 0.1) is 13.8 Å². The molecule has 2 rings (SSSR count). The van der Waals surface area contributed by atoms with Crippen molar-refractivity contribution in [2.45, 2.75) is 47.1 Å². The number of hydrogen-bond acceptors (Lipinski definition) is 4. The summed E-state index contributed by atoms with van der Waals surface area (Å²) in [5, 5.41) is 8.27. The van der Waals surface area contributed by atoms with Crippen LogP contribution in [0.15, 0.2) is 23.6 Å². The summed E-state index contributed by atoms with van der Waals surface area (Å²) >= 11 is 1.40. The van der Waals surface area contributed by atoms with Gasteiger partial charge in [0.1, 0.15) is 10.7 Å². The molecule has 0 saturated heterocycles. The Morgan fingerprint density at radius 2 is 1.93 bits per heavy atom. The summed E-state index contributed by atoms with van der Waals surface area (Å²) in [6.45, 7) is 9.73. The predicted octanol–water partition coefficient (Wildman–Crippen LogP) is 4.34. The van der Waals surface area contributed by atoms with E-state index in [1.54, 1.807) is 10.3 Å². The van der Waals surface area contributed by atoms with Crippen LogP contribution in [-0.4, -0.2) is 34.9 Å². The van der Waals surface area contributed by atoms with Crippen LogP contribution in [0.1, 0.15) is 53.3 Å². The van der Waals surface area contributed by atoms with E-state index in [4.69, 9.17) is 0 Å². The molecule has 1 aromatic carbocycles. The van der Waals surface area contributed by atoms with E-state index in [9.17, 15) is 9.59 Å². The largest absolute Gasteiger partial charge is 0.351 e. The van der Waals surface area contributed by atoms with Crippen molar-refractivity contribution in [1.82, 2.24) is 15.2 Å². The lowest BCUT2D eigenvalue weighted by molar-refractivity contribution is 0.0949. The van der Waals surface area contributed by atoms with Gasteiger partial charge in [0.25, 0.3) is 5.91 Å². The molecule has 1 heterocycles. The molecule has 146 valence electrons. The highest BCUT2D eigenvalue weighted by molar-refractivity contribution is 7.09. The molecule has 0 aliphatic heterocycles. The second-order valence-electron chi connectivity index (χ2n) is 6.53. The van der Waals surface area contributed by atoms with Crippen molar-refractivity contribution in [3.63, 3.8) is 0 Å². The number of amides is 3. The Balaban J connectivity index is 2.03. The Kier molecular flexibility index (Phi) is 7.79. The minimum absolute atomic E-state index is 0.160. The number of thiazole rings is 1. The second kappa shape index (κ2) is 10.1. The zero-order valence-corrected chi connectivity index (χ0v) is 17.3. The standard InChI is InChI=1S/C20H28N4O2S/c1-5-9-21-19(25)17-13-27-18(23-17)12-24(10-6-2)20(26)22-16-8-7-14(3)15(4)11-16/h7-8,11,13H,5-6,9-10,12H2,1-4H3,(H,21,25)(H,22,26). The van der Waals surface area contributed by atoms with E-state index < -0.39 is 0 Å². The normalized spacial score (nSPS) is 10.5. The zero-order chi connectivity index (χ0) is 19.8. The van der Waals surface area contributed by atoms with Crippen LogP contribution in [0.3, 0.4) is 0 Å². The Morgan fingerprint density at radius 1 is 1.15 bits per heavy atom. The van der Waals surface area contributed by atoms with Gasteiger partial charge in [0.05, 0.1) is 6.54 Å². The summed E-state index contributed by atoms with van der Waals surface area (Å²) in [7, 11) is 0. The number of carbonyl (C=O) groups is 2. The molecule has 3 amide bonds. The maximum Gasteiger partial charge on any atom is 0.322 e. The molecule has 0 bridgehead atoms. The van der Waals surface area contributed by atoms with Crippen LogP contribution in [0.5, 0.6) is 0 Å². The molecule has 0 saturated carbocycles. The van der Waals surface area contributed by atoms with Crippen molar-refractivity contribution in [2.24, 2.45) is 0 Å². The van der Waals surface area contributed by atoms with Gasteiger partial charge >= 0.3 is 6.03 Å². The molecule has 0 unspecified atom stereocenters. The van der Waals surface area contributed by atoms with E-state index in [2.05, 4.69) is 15.6 Å². The maximum atomic E-state index is 12.7. The molecular weight excluding hydrogens is 360 g/mol. The number of aromatic nitrogens is 1. The quantitative estimate of drug-likeness (QED) is 0.706. The van der Waals surface area contributed by atoms with Gasteiger partial charge in [0.2, 0.25) is 0 Å². The average molecular weight is 389 g/mol. The lowest BCUT2D eigenvalue weighted by Crippen LogP contribution is -2.35. The molecular formula is C20H28N4O2S. The van der Waals surface area contributed by atoms with E-state index in [1.807, 2.05) is 45.9 Å². The smallest absolute Gasteiger partial charge is 0.322 e. The number of rotatable bonds is 8. The van der Waals surface area contributed by atoms with Crippen LogP contribution in [-0.2, 0) is 6.54 Å². The number of urea groups is 1. The van der Waals surface area contributed by atoms with Crippen LogP contribution in [0.4, 0.5) is 10.5 Å². The van der Waals surface area contributed by atoms with Crippen molar-refractivity contribution < 1.29 is 9.59 Å². The van der Waals surface area contributed by atoms with Gasteiger partial charge in [-0.25, -0.2) is 9.78 Å². The van der Waals surface area contributed by atoms with Gasteiger partial charge in [0.15, 0.2) is 0 Å². The van der Waals surface area contributed by atoms with Crippen LogP contribution < -0.4 is 10.6 Å². The van der Waals surface area contributed by atoms with Gasteiger partial charge < -0.3 is 15.5 Å². The third-order valence-corrected chi connectivity index (χ3v) is 5.02. The molecule has 2 aromatic rings. The van der Waals surface area contributed by atoms with Crippen LogP contribution in [0.2, 0.25) is 0 Å². The van der Waals surface area contributed by atoms with E-state index >= 15 is 0 Å². The lowest BCUT2D eigenvalue weighted by Gasteiger charge is -2.21. The summed E-state index contributed by atoms with van der Waals surface area (Å²) in [6.07, 6.45) is 1.72. The molecule has 0 aliphatic rings. The molecule has 0 fully saturated rings. The number of carbonyl (C=O) groups excluding carboxylic acids is 2. The molecule has 2 N–H and O–H groups in total. The predicted molar refractivity (Wildman–Crippen MR) is 110 cm³/mol. The summed E-state index contributed by atoms with van der Waals surface area (Å²) < 4.78 is 0. The fourth-order valence-electron chi connectivity index (χ4n) is 2.52. The van der Waals surface area contributed by atoms with Gasteiger partial charge in [-0.15, -0.1) is 11.3 Å². The first kappa shape index (κ1) is 20.9. The number of aryl methyl sites for hydroxylation is 2. The van der Waals surface area contributed by atoms with Gasteiger partial charge in [-0.3, -0.25) is 4.79 Å². The summed E-state index contributed by atoms with van der Waals surface area (Å²) in [4.78, 5) is 30.8. The summed E-state index contributed by atoms with van der Waals surface area (Å²) in [5.41, 5.74) is 3.52. The zero-order valence-electron chi connectivity index (χ0n) is 16.5. The number of anilines is 1. The highest BCUT2D eigenvalue weighted by Gasteiger charge is 2.17. The number of nitrogens with one attached hydrogen (secondary N) is 2. The monoisotopic (exact) mass is 388 g/mol. The number of nitrogens with zero attached hydrogens (tertiary/aromatic N) is 2. The molecule has 6 nitrogen and oxygen atoms in total. The first-order valence-electron chi connectivity index (χ1n) is 9.30. The lowest BCUT2D eigenvalue weighted by atomic mass is 10.1. The van der Waals surface area contributed by atoms with Crippen molar-refractivity contribution in [1.29, 1.82) is 0 Å². The Morgan fingerprint density at radius 3 is 2.59 bits per heavy atom. The van der Waals surface area contributed by atoms with Gasteiger partial charge in [-0.05, 0) is 49.9 Å². The third kappa shape index (κ3) is 6.06. The van der Waals surface area contributed by atoms with Crippen LogP contribution >= 0.6 is 11.3 Å². The van der Waals surface area contributed by atoms with Crippen molar-refractivity contribution in [3.8, 4) is 0 Å². The molecule has 0 spiro atoms. The van der Waals surface area contributed by atoms with Gasteiger partial charge in [0, 0.05) is 24.2 Å². The van der Waals surface area contributed by atoms with E-state index in [-0.39, 0.29) is 11.9 Å². The minimum atomic E-state index is -0.166. The fraction of sp³-hybridized carbons (Fsp3) is 0.450. The number of benzene rings is 1. The fourth-order valence-corrected chi connectivity index (χ4v) is 3.31. The second-order valence-corrected chi connectivity index (χ2v) is 7.48. The SMILES string of the molecule is CCCNC(=O)c1csc(CN(CCC)C(=O)Nc2ccc(C)c(C)c2)n1. The Bertz CT molecular complexity index is 788. The van der Waals surface area contributed by atoms with Gasteiger partial charge in [-0.1, -0.05) is 19.9 Å². The van der Waals surface area contributed by atoms with Crippen molar-refractivity contribution in [3.05, 3.63) is 45.4 Å². The first-order valence-corrected chi connectivity index (χ1v) is 10.2. The van der Waals surface area contributed by atoms with E-state index in [0.717, 1.165) is 29.1 Å². The third-order valence-electron chi connectivity index (χ3n) is 4.18. The minimum Gasteiger partial charge on any atom is -0.351 e. The van der Waals surface area contributed by atoms with Gasteiger partial charge in [-0.2, -0.15) is 0 Å². The van der Waals surface area contributed by atoms with Crippen LogP contribution in [0.25, 0.3) is 0 Å². The molecule has 27 heavy (non-hydrogen) atoms. The summed E-state index contributed by atoms with van der Waals surface area (Å²) in [5.74, 6) is -0.166. The van der Waals surface area contributed by atoms with Crippen molar-refractivity contribution in [2.75, 3.05) is 18.4 Å². The van der Waals surface area contributed by atoms with E-state index in [1.165, 1.54) is 16.9 Å². The topological polar surface area (TPSA) is 74.3 Å². The highest BCUT2D eigenvalue weighted by atomic mass is 32.1. The average Bonchev–Trinajstić information content (AvgIpc) is 3.11. The molecule has 1 aromatic heterocycles. The van der Waals surface area contributed by atoms with Crippen molar-refractivity contribution >= 4 is 29.0 Å².